The highest BCUT2D eigenvalue weighted by Crippen LogP contribution is 2.39. The van der Waals surface area contributed by atoms with E-state index in [-0.39, 0.29) is 0 Å². The second kappa shape index (κ2) is 4.94. The summed E-state index contributed by atoms with van der Waals surface area (Å²) < 4.78 is 18.6. The number of carboxylic acid groups (broad SMARTS) is 1. The van der Waals surface area contributed by atoms with Crippen molar-refractivity contribution in [3.63, 3.8) is 0 Å². The molecule has 0 spiro atoms. The van der Waals surface area contributed by atoms with Gasteiger partial charge in [-0.05, 0) is 44.1 Å². The van der Waals surface area contributed by atoms with Gasteiger partial charge in [-0.3, -0.25) is 4.79 Å². The van der Waals surface area contributed by atoms with Crippen molar-refractivity contribution in [2.45, 2.75) is 18.3 Å². The molecule has 2 N–H and O–H groups in total. The van der Waals surface area contributed by atoms with Crippen LogP contribution in [0.25, 0.3) is 0 Å². The fourth-order valence-corrected chi connectivity index (χ4v) is 2.51. The van der Waals surface area contributed by atoms with E-state index in [1.165, 1.54) is 25.3 Å². The van der Waals surface area contributed by atoms with Gasteiger partial charge in [0, 0.05) is 5.56 Å². The number of halogens is 1. The van der Waals surface area contributed by atoms with Crippen LogP contribution in [0.3, 0.4) is 0 Å². The minimum Gasteiger partial charge on any atom is -0.496 e. The van der Waals surface area contributed by atoms with Crippen molar-refractivity contribution in [2.24, 2.45) is 0 Å². The van der Waals surface area contributed by atoms with Crippen molar-refractivity contribution < 1.29 is 19.0 Å². The molecule has 0 saturated carbocycles. The van der Waals surface area contributed by atoms with Crippen LogP contribution in [0, 0.1) is 5.82 Å². The van der Waals surface area contributed by atoms with Gasteiger partial charge in [-0.25, -0.2) is 4.39 Å². The Bertz CT molecular complexity index is 456. The Balaban J connectivity index is 2.54. The van der Waals surface area contributed by atoms with Crippen LogP contribution in [0.15, 0.2) is 18.2 Å². The molecule has 18 heavy (non-hydrogen) atoms. The van der Waals surface area contributed by atoms with Gasteiger partial charge in [0.05, 0.1) is 12.5 Å². The van der Waals surface area contributed by atoms with E-state index in [4.69, 9.17) is 4.74 Å². The van der Waals surface area contributed by atoms with E-state index in [0.29, 0.717) is 37.2 Å². The van der Waals surface area contributed by atoms with E-state index in [1.54, 1.807) is 0 Å². The van der Waals surface area contributed by atoms with Gasteiger partial charge in [-0.2, -0.15) is 0 Å². The maximum absolute atomic E-state index is 13.4. The van der Waals surface area contributed by atoms with Crippen molar-refractivity contribution in [1.82, 2.24) is 5.32 Å². The van der Waals surface area contributed by atoms with E-state index in [0.717, 1.165) is 0 Å². The fourth-order valence-electron chi connectivity index (χ4n) is 2.51. The molecule has 0 atom stereocenters. The number of benzene rings is 1. The first kappa shape index (κ1) is 12.8. The first-order valence-corrected chi connectivity index (χ1v) is 5.88. The molecule has 0 aromatic heterocycles. The first-order chi connectivity index (χ1) is 8.60. The summed E-state index contributed by atoms with van der Waals surface area (Å²) in [6.45, 7) is 1.21. The molecular formula is C13H16FNO3. The predicted octanol–water partition coefficient (Wildman–Crippen LogP) is 1.54. The Labute approximate surface area is 105 Å². The third-order valence-electron chi connectivity index (χ3n) is 3.54. The first-order valence-electron chi connectivity index (χ1n) is 5.88. The van der Waals surface area contributed by atoms with E-state index in [2.05, 4.69) is 5.32 Å². The van der Waals surface area contributed by atoms with E-state index in [9.17, 15) is 14.3 Å². The van der Waals surface area contributed by atoms with Crippen LogP contribution in [0.2, 0.25) is 0 Å². The van der Waals surface area contributed by atoms with E-state index >= 15 is 0 Å². The molecule has 2 rings (SSSR count). The average Bonchev–Trinajstić information content (AvgIpc) is 2.39. The highest BCUT2D eigenvalue weighted by molar-refractivity contribution is 5.82. The number of hydrogen-bond acceptors (Lipinski definition) is 3. The summed E-state index contributed by atoms with van der Waals surface area (Å²) in [6.07, 6.45) is 0.865. The zero-order valence-corrected chi connectivity index (χ0v) is 10.2. The maximum atomic E-state index is 13.4. The summed E-state index contributed by atoms with van der Waals surface area (Å²) in [7, 11) is 1.47. The number of nitrogens with one attached hydrogen (secondary N) is 1. The van der Waals surface area contributed by atoms with Crippen molar-refractivity contribution >= 4 is 5.97 Å². The van der Waals surface area contributed by atoms with Crippen molar-refractivity contribution in [3.05, 3.63) is 29.6 Å². The minimum atomic E-state index is -1.06. The standard InChI is InChI=1S/C13H16FNO3/c1-18-11-3-2-9(14)8-10(11)13(12(16)17)4-6-15-7-5-13/h2-3,8,15H,4-7H2,1H3,(H,16,17). The molecule has 1 aliphatic rings. The quantitative estimate of drug-likeness (QED) is 0.858. The highest BCUT2D eigenvalue weighted by Gasteiger charge is 2.43. The molecule has 1 aliphatic heterocycles. The van der Waals surface area contributed by atoms with Crippen molar-refractivity contribution in [2.75, 3.05) is 20.2 Å². The maximum Gasteiger partial charge on any atom is 0.314 e. The lowest BCUT2D eigenvalue weighted by Gasteiger charge is -2.34. The second-order valence-electron chi connectivity index (χ2n) is 4.48. The van der Waals surface area contributed by atoms with Crippen LogP contribution in [0.5, 0.6) is 5.75 Å². The number of carbonyl (C=O) groups is 1. The van der Waals surface area contributed by atoms with Gasteiger partial charge >= 0.3 is 5.97 Å². The monoisotopic (exact) mass is 253 g/mol. The molecule has 0 amide bonds. The molecule has 0 unspecified atom stereocenters. The van der Waals surface area contributed by atoms with Gasteiger partial charge < -0.3 is 15.2 Å². The molecule has 0 aliphatic carbocycles. The van der Waals surface area contributed by atoms with Crippen molar-refractivity contribution in [1.29, 1.82) is 0 Å². The molecule has 4 nitrogen and oxygen atoms in total. The molecule has 1 saturated heterocycles. The highest BCUT2D eigenvalue weighted by atomic mass is 19.1. The lowest BCUT2D eigenvalue weighted by Crippen LogP contribution is -2.45. The molecule has 0 bridgehead atoms. The smallest absolute Gasteiger partial charge is 0.314 e. The lowest BCUT2D eigenvalue weighted by atomic mass is 9.73. The minimum absolute atomic E-state index is 0.430. The Morgan fingerprint density at radius 2 is 2.11 bits per heavy atom. The molecule has 1 aromatic rings. The van der Waals surface area contributed by atoms with Crippen molar-refractivity contribution in [3.8, 4) is 5.75 Å². The number of rotatable bonds is 3. The Morgan fingerprint density at radius 1 is 1.44 bits per heavy atom. The molecule has 0 radical (unpaired) electrons. The van der Waals surface area contributed by atoms with Crippen LogP contribution in [0.4, 0.5) is 4.39 Å². The third kappa shape index (κ3) is 2.06. The number of piperidine rings is 1. The van der Waals surface area contributed by atoms with Crippen LogP contribution in [-0.2, 0) is 10.2 Å². The van der Waals surface area contributed by atoms with Crippen LogP contribution < -0.4 is 10.1 Å². The van der Waals surface area contributed by atoms with Gasteiger partial charge in [0.15, 0.2) is 0 Å². The van der Waals surface area contributed by atoms with Crippen LogP contribution in [-0.4, -0.2) is 31.3 Å². The summed E-state index contributed by atoms with van der Waals surface area (Å²) in [4.78, 5) is 11.7. The topological polar surface area (TPSA) is 58.6 Å². The molecule has 5 heteroatoms. The van der Waals surface area contributed by atoms with Gasteiger partial charge in [-0.1, -0.05) is 0 Å². The predicted molar refractivity (Wildman–Crippen MR) is 64.4 cm³/mol. The van der Waals surface area contributed by atoms with E-state index in [1.807, 2.05) is 0 Å². The average molecular weight is 253 g/mol. The number of ether oxygens (including phenoxy) is 1. The fraction of sp³-hybridized carbons (Fsp3) is 0.462. The third-order valence-corrected chi connectivity index (χ3v) is 3.54. The number of carboxylic acids is 1. The normalized spacial score (nSPS) is 18.3. The summed E-state index contributed by atoms with van der Waals surface area (Å²) in [6, 6.07) is 4.04. The Kier molecular flexibility index (Phi) is 3.52. The van der Waals surface area contributed by atoms with Gasteiger partial charge in [0.2, 0.25) is 0 Å². The zero-order chi connectivity index (χ0) is 13.2. The lowest BCUT2D eigenvalue weighted by molar-refractivity contribution is -0.145. The van der Waals surface area contributed by atoms with Gasteiger partial charge in [-0.15, -0.1) is 0 Å². The summed E-state index contributed by atoms with van der Waals surface area (Å²) in [5, 5.41) is 12.7. The second-order valence-corrected chi connectivity index (χ2v) is 4.48. The molecule has 1 heterocycles. The largest absolute Gasteiger partial charge is 0.496 e. The summed E-state index contributed by atoms with van der Waals surface area (Å²) in [5.74, 6) is -0.932. The SMILES string of the molecule is COc1ccc(F)cc1C1(C(=O)O)CCNCC1. The van der Waals surface area contributed by atoms with Gasteiger partial charge in [0.25, 0.3) is 0 Å². The van der Waals surface area contributed by atoms with Crippen LogP contribution in [0.1, 0.15) is 18.4 Å². The number of hydrogen-bond donors (Lipinski definition) is 2. The summed E-state index contributed by atoms with van der Waals surface area (Å²) in [5.41, 5.74) is -0.627. The zero-order valence-electron chi connectivity index (χ0n) is 10.2. The van der Waals surface area contributed by atoms with Crippen LogP contribution >= 0.6 is 0 Å². The molecule has 1 fully saturated rings. The molecular weight excluding hydrogens is 237 g/mol. The summed E-state index contributed by atoms with van der Waals surface area (Å²) >= 11 is 0. The number of methoxy groups -OCH3 is 1. The number of aliphatic carboxylic acids is 1. The molecule has 98 valence electrons. The Hall–Kier alpha value is -1.62. The molecule has 1 aromatic carbocycles. The Morgan fingerprint density at radius 3 is 2.67 bits per heavy atom. The van der Waals surface area contributed by atoms with E-state index < -0.39 is 17.2 Å². The van der Waals surface area contributed by atoms with Gasteiger partial charge in [0.1, 0.15) is 11.6 Å².